The Hall–Kier alpha value is -4.83. The van der Waals surface area contributed by atoms with Gasteiger partial charge < -0.3 is 4.74 Å². The molecule has 4 heteroatoms. The van der Waals surface area contributed by atoms with Crippen LogP contribution in [0.5, 0.6) is 0 Å². The summed E-state index contributed by atoms with van der Waals surface area (Å²) in [5.74, 6) is -0.0966. The second kappa shape index (κ2) is 10.6. The number of pyridine rings is 2. The number of methoxy groups -OCH3 is 1. The van der Waals surface area contributed by atoms with Crippen molar-refractivity contribution in [3.05, 3.63) is 131 Å². The fraction of sp³-hybridized carbons (Fsp3) is 0.262. The van der Waals surface area contributed by atoms with Crippen molar-refractivity contribution < 1.29 is 9.53 Å². The lowest BCUT2D eigenvalue weighted by molar-refractivity contribution is -0.145. The van der Waals surface area contributed by atoms with E-state index in [1.165, 1.54) is 34.9 Å². The number of carbonyl (C=O) groups excluding carboxylic acids is 1. The Labute approximate surface area is 270 Å². The zero-order valence-corrected chi connectivity index (χ0v) is 26.9. The summed E-state index contributed by atoms with van der Waals surface area (Å²) < 4.78 is 5.37. The molecule has 0 saturated heterocycles. The number of nitrogens with zero attached hydrogens (tertiary/aromatic N) is 2. The van der Waals surface area contributed by atoms with E-state index in [1.807, 2.05) is 6.92 Å². The SMILES string of the molecule is COC(=O)C(C)C[C@]1(C[C@]2(CC(C)C)c3ccccc3-c3nc4ccccc4cc32)c2ccccc2-c2nc3ccccc3cc21. The van der Waals surface area contributed by atoms with E-state index >= 15 is 0 Å². The van der Waals surface area contributed by atoms with Crippen LogP contribution in [0.2, 0.25) is 0 Å². The van der Waals surface area contributed by atoms with Gasteiger partial charge in [-0.15, -0.1) is 0 Å². The molecule has 0 N–H and O–H groups in total. The number of carbonyl (C=O) groups is 1. The highest BCUT2D eigenvalue weighted by atomic mass is 16.5. The molecule has 2 aromatic heterocycles. The van der Waals surface area contributed by atoms with Gasteiger partial charge in [-0.05, 0) is 71.7 Å². The Balaban J connectivity index is 1.46. The van der Waals surface area contributed by atoms with Crippen molar-refractivity contribution in [1.29, 1.82) is 0 Å². The highest BCUT2D eigenvalue weighted by Gasteiger charge is 2.54. The topological polar surface area (TPSA) is 52.1 Å². The first-order valence-corrected chi connectivity index (χ1v) is 16.4. The van der Waals surface area contributed by atoms with Crippen LogP contribution < -0.4 is 0 Å². The highest BCUT2D eigenvalue weighted by molar-refractivity contribution is 5.91. The van der Waals surface area contributed by atoms with E-state index in [2.05, 4.69) is 123 Å². The minimum Gasteiger partial charge on any atom is -0.469 e. The molecular formula is C42H38N2O2. The van der Waals surface area contributed by atoms with Crippen LogP contribution in [-0.4, -0.2) is 23.0 Å². The van der Waals surface area contributed by atoms with Crippen molar-refractivity contribution in [2.75, 3.05) is 7.11 Å². The van der Waals surface area contributed by atoms with E-state index in [1.54, 1.807) is 0 Å². The molecule has 0 bridgehead atoms. The van der Waals surface area contributed by atoms with Crippen molar-refractivity contribution in [3.8, 4) is 22.5 Å². The Kier molecular flexibility index (Phi) is 6.61. The molecule has 2 aliphatic carbocycles. The summed E-state index contributed by atoms with van der Waals surface area (Å²) in [5.41, 5.74) is 10.7. The highest BCUT2D eigenvalue weighted by Crippen LogP contribution is 2.62. The third-order valence-corrected chi connectivity index (χ3v) is 10.5. The molecule has 6 aromatic rings. The van der Waals surface area contributed by atoms with Gasteiger partial charge in [0, 0.05) is 32.7 Å². The largest absolute Gasteiger partial charge is 0.469 e. The minimum atomic E-state index is -0.508. The van der Waals surface area contributed by atoms with Gasteiger partial charge in [-0.25, -0.2) is 9.97 Å². The maximum atomic E-state index is 13.3. The number of rotatable bonds is 7. The molecule has 3 atom stereocenters. The molecule has 0 radical (unpaired) electrons. The van der Waals surface area contributed by atoms with Crippen molar-refractivity contribution in [1.82, 2.24) is 9.97 Å². The average molecular weight is 603 g/mol. The molecule has 4 nitrogen and oxygen atoms in total. The summed E-state index contributed by atoms with van der Waals surface area (Å²) in [7, 11) is 1.50. The lowest BCUT2D eigenvalue weighted by atomic mass is 9.58. The van der Waals surface area contributed by atoms with Gasteiger partial charge in [0.1, 0.15) is 0 Å². The number of hydrogen-bond acceptors (Lipinski definition) is 4. The summed E-state index contributed by atoms with van der Waals surface area (Å²) in [6.07, 6.45) is 2.35. The van der Waals surface area contributed by atoms with Gasteiger partial charge in [-0.1, -0.05) is 106 Å². The van der Waals surface area contributed by atoms with Gasteiger partial charge in [-0.3, -0.25) is 4.79 Å². The van der Waals surface area contributed by atoms with Gasteiger partial charge in [0.25, 0.3) is 0 Å². The summed E-state index contributed by atoms with van der Waals surface area (Å²) in [6.45, 7) is 6.67. The fourth-order valence-electron chi connectivity index (χ4n) is 8.86. The first-order chi connectivity index (χ1) is 22.3. The summed E-state index contributed by atoms with van der Waals surface area (Å²) in [4.78, 5) is 23.9. The number of fused-ring (bicyclic) bond motifs is 8. The molecule has 0 fully saturated rings. The smallest absolute Gasteiger partial charge is 0.308 e. The molecule has 8 rings (SSSR count). The fourth-order valence-corrected chi connectivity index (χ4v) is 8.86. The van der Waals surface area contributed by atoms with Crippen LogP contribution >= 0.6 is 0 Å². The molecule has 0 amide bonds. The van der Waals surface area contributed by atoms with E-state index in [9.17, 15) is 4.79 Å². The average Bonchev–Trinajstić information content (AvgIpc) is 3.48. The van der Waals surface area contributed by atoms with Crippen molar-refractivity contribution in [2.45, 2.75) is 50.9 Å². The lowest BCUT2D eigenvalue weighted by Crippen LogP contribution is -2.40. The van der Waals surface area contributed by atoms with E-state index < -0.39 is 5.41 Å². The second-order valence-electron chi connectivity index (χ2n) is 13.8. The second-order valence-corrected chi connectivity index (χ2v) is 13.8. The number of hydrogen-bond donors (Lipinski definition) is 0. The molecule has 2 aliphatic rings. The molecule has 0 saturated carbocycles. The van der Waals surface area contributed by atoms with Crippen LogP contribution in [0.4, 0.5) is 0 Å². The van der Waals surface area contributed by atoms with Crippen LogP contribution in [0.15, 0.2) is 109 Å². The van der Waals surface area contributed by atoms with Gasteiger partial charge >= 0.3 is 5.97 Å². The van der Waals surface area contributed by atoms with Gasteiger partial charge in [0.2, 0.25) is 0 Å². The molecule has 4 aromatic carbocycles. The zero-order chi connectivity index (χ0) is 31.6. The number of aromatic nitrogens is 2. The van der Waals surface area contributed by atoms with Crippen molar-refractivity contribution >= 4 is 27.8 Å². The maximum Gasteiger partial charge on any atom is 0.308 e. The minimum absolute atomic E-state index is 0.183. The monoisotopic (exact) mass is 602 g/mol. The third-order valence-electron chi connectivity index (χ3n) is 10.5. The first kappa shape index (κ1) is 28.6. The quantitative estimate of drug-likeness (QED) is 0.171. The van der Waals surface area contributed by atoms with E-state index in [0.29, 0.717) is 12.3 Å². The van der Waals surface area contributed by atoms with Crippen LogP contribution in [0, 0.1) is 11.8 Å². The standard InChI is InChI=1S/C42H38N2O2/c1-26(2)23-41(32-17-9-7-15-30(32)38-34(41)21-28-13-5-11-19-36(28)43-38)25-42(24-27(3)40(45)46-4)33-18-10-8-16-31(33)39-35(42)22-29-14-6-12-20-37(29)44-39/h5-22,26-27H,23-25H2,1-4H3/t27?,41-,42+/m1/s1. The lowest BCUT2D eigenvalue weighted by Gasteiger charge is -2.44. The van der Waals surface area contributed by atoms with E-state index in [4.69, 9.17) is 14.7 Å². The van der Waals surface area contributed by atoms with Gasteiger partial charge in [0.05, 0.1) is 35.4 Å². The molecule has 46 heavy (non-hydrogen) atoms. The Bertz CT molecular complexity index is 2170. The number of para-hydroxylation sites is 2. The predicted octanol–water partition coefficient (Wildman–Crippen LogP) is 9.65. The molecule has 0 aliphatic heterocycles. The molecule has 2 heterocycles. The molecule has 1 unspecified atom stereocenters. The van der Waals surface area contributed by atoms with Gasteiger partial charge in [-0.2, -0.15) is 0 Å². The summed E-state index contributed by atoms with van der Waals surface area (Å²) >= 11 is 0. The van der Waals surface area contributed by atoms with Crippen LogP contribution in [0.3, 0.4) is 0 Å². The van der Waals surface area contributed by atoms with E-state index in [-0.39, 0.29) is 17.3 Å². The number of ether oxygens (including phenoxy) is 1. The summed E-state index contributed by atoms with van der Waals surface area (Å²) in [5, 5.41) is 2.26. The predicted molar refractivity (Wildman–Crippen MR) is 186 cm³/mol. The molecule has 0 spiro atoms. The maximum absolute atomic E-state index is 13.3. The van der Waals surface area contributed by atoms with Crippen LogP contribution in [0.25, 0.3) is 44.3 Å². The van der Waals surface area contributed by atoms with E-state index in [0.717, 1.165) is 51.6 Å². The van der Waals surface area contributed by atoms with Crippen molar-refractivity contribution in [3.63, 3.8) is 0 Å². The Morgan fingerprint density at radius 3 is 1.59 bits per heavy atom. The van der Waals surface area contributed by atoms with Crippen LogP contribution in [-0.2, 0) is 20.4 Å². The third kappa shape index (κ3) is 4.16. The Morgan fingerprint density at radius 2 is 1.09 bits per heavy atom. The zero-order valence-electron chi connectivity index (χ0n) is 26.9. The van der Waals surface area contributed by atoms with Crippen molar-refractivity contribution in [2.24, 2.45) is 11.8 Å². The number of esters is 1. The summed E-state index contributed by atoms with van der Waals surface area (Å²) in [6, 6.07) is 39.2. The normalized spacial score (nSPS) is 19.9. The number of benzene rings is 4. The first-order valence-electron chi connectivity index (χ1n) is 16.4. The van der Waals surface area contributed by atoms with Crippen LogP contribution in [0.1, 0.15) is 62.3 Å². The van der Waals surface area contributed by atoms with Gasteiger partial charge in [0.15, 0.2) is 0 Å². The molecular weight excluding hydrogens is 564 g/mol. The Morgan fingerprint density at radius 1 is 0.630 bits per heavy atom. The molecule has 228 valence electrons.